The first kappa shape index (κ1) is 16.3. The maximum absolute atomic E-state index is 5.70. The van der Waals surface area contributed by atoms with Crippen LogP contribution in [0.3, 0.4) is 0 Å². The summed E-state index contributed by atoms with van der Waals surface area (Å²) in [4.78, 5) is 2.56. The van der Waals surface area contributed by atoms with Gasteiger partial charge in [-0.25, -0.2) is 0 Å². The molecule has 1 aromatic carbocycles. The fraction of sp³-hybridized carbons (Fsp3) is 0.667. The topological polar surface area (TPSA) is 24.5 Å². The molecule has 0 atom stereocenters. The Balaban J connectivity index is 1.85. The zero-order valence-corrected chi connectivity index (χ0v) is 13.8. The number of rotatable bonds is 7. The largest absolute Gasteiger partial charge is 0.491 e. The molecule has 0 bridgehead atoms. The van der Waals surface area contributed by atoms with Crippen LogP contribution in [0.25, 0.3) is 0 Å². The lowest BCUT2D eigenvalue weighted by atomic mass is 9.97. The van der Waals surface area contributed by atoms with Gasteiger partial charge in [-0.15, -0.1) is 0 Å². The Morgan fingerprint density at radius 1 is 1.19 bits per heavy atom. The second kappa shape index (κ2) is 8.40. The van der Waals surface area contributed by atoms with Gasteiger partial charge in [0, 0.05) is 13.1 Å². The molecular formula is C18H30N2O. The van der Waals surface area contributed by atoms with Gasteiger partial charge in [0.15, 0.2) is 0 Å². The highest BCUT2D eigenvalue weighted by Crippen LogP contribution is 2.18. The molecule has 0 unspecified atom stereocenters. The lowest BCUT2D eigenvalue weighted by Gasteiger charge is -2.29. The first-order valence-electron chi connectivity index (χ1n) is 8.36. The summed E-state index contributed by atoms with van der Waals surface area (Å²) in [5.41, 5.74) is 1.38. The number of piperidine rings is 1. The number of hydrogen-bond acceptors (Lipinski definition) is 3. The van der Waals surface area contributed by atoms with E-state index in [1.54, 1.807) is 0 Å². The van der Waals surface area contributed by atoms with Crippen LogP contribution in [-0.2, 0) is 6.54 Å². The minimum Gasteiger partial charge on any atom is -0.491 e. The molecule has 1 aliphatic rings. The molecule has 0 spiro atoms. The lowest BCUT2D eigenvalue weighted by Crippen LogP contribution is -2.35. The van der Waals surface area contributed by atoms with E-state index in [4.69, 9.17) is 4.74 Å². The van der Waals surface area contributed by atoms with Gasteiger partial charge in [0.2, 0.25) is 0 Å². The van der Waals surface area contributed by atoms with E-state index < -0.39 is 0 Å². The van der Waals surface area contributed by atoms with Gasteiger partial charge in [-0.3, -0.25) is 4.90 Å². The van der Waals surface area contributed by atoms with Crippen molar-refractivity contribution in [2.24, 2.45) is 5.92 Å². The summed E-state index contributed by atoms with van der Waals surface area (Å²) < 4.78 is 5.70. The van der Waals surface area contributed by atoms with Crippen molar-refractivity contribution >= 4 is 0 Å². The zero-order valence-electron chi connectivity index (χ0n) is 13.8. The zero-order chi connectivity index (χ0) is 15.1. The second-order valence-electron chi connectivity index (χ2n) is 6.33. The summed E-state index contributed by atoms with van der Waals surface area (Å²) >= 11 is 0. The van der Waals surface area contributed by atoms with Crippen LogP contribution in [0, 0.1) is 5.92 Å². The predicted molar refractivity (Wildman–Crippen MR) is 88.8 cm³/mol. The normalized spacial score (nSPS) is 16.6. The van der Waals surface area contributed by atoms with Crippen LogP contribution in [0.2, 0.25) is 0 Å². The van der Waals surface area contributed by atoms with E-state index in [-0.39, 0.29) is 6.10 Å². The fourth-order valence-electron chi connectivity index (χ4n) is 2.94. The molecule has 1 saturated heterocycles. The highest BCUT2D eigenvalue weighted by molar-refractivity contribution is 5.27. The average Bonchev–Trinajstić information content (AvgIpc) is 2.49. The summed E-state index contributed by atoms with van der Waals surface area (Å²) in [6, 6.07) is 8.58. The summed E-state index contributed by atoms with van der Waals surface area (Å²) in [7, 11) is 0. The second-order valence-corrected chi connectivity index (χ2v) is 6.33. The van der Waals surface area contributed by atoms with Crippen LogP contribution in [-0.4, -0.2) is 37.2 Å². The predicted octanol–water partition coefficient (Wildman–Crippen LogP) is 3.30. The van der Waals surface area contributed by atoms with E-state index in [1.165, 1.54) is 38.0 Å². The Labute approximate surface area is 129 Å². The van der Waals surface area contributed by atoms with Gasteiger partial charge >= 0.3 is 0 Å². The molecule has 118 valence electrons. The van der Waals surface area contributed by atoms with Crippen LogP contribution in [0.15, 0.2) is 24.3 Å². The van der Waals surface area contributed by atoms with Crippen LogP contribution in [0.4, 0.5) is 0 Å². The summed E-state index contributed by atoms with van der Waals surface area (Å²) in [5, 5.41) is 3.44. The summed E-state index contributed by atoms with van der Waals surface area (Å²) in [6.45, 7) is 12.1. The number of benzene rings is 1. The first-order valence-corrected chi connectivity index (χ1v) is 8.36. The van der Waals surface area contributed by atoms with Crippen molar-refractivity contribution in [3.8, 4) is 5.75 Å². The molecule has 0 radical (unpaired) electrons. The third-order valence-electron chi connectivity index (χ3n) is 4.12. The Bertz CT molecular complexity index is 396. The van der Waals surface area contributed by atoms with Gasteiger partial charge in [-0.05, 0) is 69.9 Å². The van der Waals surface area contributed by atoms with Crippen LogP contribution >= 0.6 is 0 Å². The Morgan fingerprint density at radius 3 is 2.43 bits per heavy atom. The molecule has 1 N–H and O–H groups in total. The van der Waals surface area contributed by atoms with Gasteiger partial charge in [0.25, 0.3) is 0 Å². The average molecular weight is 290 g/mol. The lowest BCUT2D eigenvalue weighted by molar-refractivity contribution is 0.207. The van der Waals surface area contributed by atoms with Gasteiger partial charge in [0.05, 0.1) is 6.10 Å². The molecule has 0 amide bonds. The van der Waals surface area contributed by atoms with Crippen molar-refractivity contribution in [1.29, 1.82) is 0 Å². The molecule has 2 rings (SSSR count). The van der Waals surface area contributed by atoms with E-state index in [0.717, 1.165) is 24.8 Å². The van der Waals surface area contributed by atoms with Crippen LogP contribution in [0.5, 0.6) is 5.75 Å². The molecule has 1 heterocycles. The number of ether oxygens (including phenoxy) is 1. The van der Waals surface area contributed by atoms with Crippen LogP contribution < -0.4 is 10.1 Å². The van der Waals surface area contributed by atoms with Crippen LogP contribution in [0.1, 0.15) is 39.2 Å². The van der Waals surface area contributed by atoms with E-state index in [2.05, 4.69) is 55.3 Å². The molecule has 1 aliphatic heterocycles. The van der Waals surface area contributed by atoms with Crippen molar-refractivity contribution in [2.75, 3.05) is 26.2 Å². The maximum atomic E-state index is 5.70. The molecule has 1 fully saturated rings. The van der Waals surface area contributed by atoms with E-state index in [9.17, 15) is 0 Å². The third kappa shape index (κ3) is 5.68. The summed E-state index contributed by atoms with van der Waals surface area (Å²) in [6.07, 6.45) is 2.87. The van der Waals surface area contributed by atoms with Gasteiger partial charge in [-0.2, -0.15) is 0 Å². The minimum atomic E-state index is 0.239. The number of nitrogens with zero attached hydrogens (tertiary/aromatic N) is 1. The molecule has 0 saturated carbocycles. The molecule has 0 aliphatic carbocycles. The first-order chi connectivity index (χ1) is 10.2. The molecule has 3 nitrogen and oxygen atoms in total. The molecule has 21 heavy (non-hydrogen) atoms. The van der Waals surface area contributed by atoms with Gasteiger partial charge in [0.1, 0.15) is 5.75 Å². The third-order valence-corrected chi connectivity index (χ3v) is 4.12. The number of nitrogens with one attached hydrogen (secondary N) is 1. The van der Waals surface area contributed by atoms with E-state index in [0.29, 0.717) is 0 Å². The standard InChI is InChI=1S/C18H30N2O/c1-4-20(14-17-9-11-19-12-10-17)13-16-5-7-18(8-6-16)21-15(2)3/h5-8,15,17,19H,4,9-14H2,1-3H3. The molecule has 0 aromatic heterocycles. The van der Waals surface area contributed by atoms with E-state index >= 15 is 0 Å². The van der Waals surface area contributed by atoms with Crippen molar-refractivity contribution in [2.45, 2.75) is 46.3 Å². The highest BCUT2D eigenvalue weighted by atomic mass is 16.5. The van der Waals surface area contributed by atoms with Crippen molar-refractivity contribution in [3.05, 3.63) is 29.8 Å². The Morgan fingerprint density at radius 2 is 1.86 bits per heavy atom. The highest BCUT2D eigenvalue weighted by Gasteiger charge is 2.16. The SMILES string of the molecule is CCN(Cc1ccc(OC(C)C)cc1)CC1CCNCC1. The molecule has 1 aromatic rings. The minimum absolute atomic E-state index is 0.239. The Hall–Kier alpha value is -1.06. The maximum Gasteiger partial charge on any atom is 0.119 e. The van der Waals surface area contributed by atoms with Crippen molar-refractivity contribution < 1.29 is 4.74 Å². The Kier molecular flexibility index (Phi) is 6.52. The quantitative estimate of drug-likeness (QED) is 0.834. The van der Waals surface area contributed by atoms with Gasteiger partial charge < -0.3 is 10.1 Å². The molecule has 3 heteroatoms. The van der Waals surface area contributed by atoms with E-state index in [1.807, 2.05) is 0 Å². The monoisotopic (exact) mass is 290 g/mol. The van der Waals surface area contributed by atoms with Crippen molar-refractivity contribution in [3.63, 3.8) is 0 Å². The molecular weight excluding hydrogens is 260 g/mol. The van der Waals surface area contributed by atoms with Crippen molar-refractivity contribution in [1.82, 2.24) is 10.2 Å². The number of hydrogen-bond donors (Lipinski definition) is 1. The fourth-order valence-corrected chi connectivity index (χ4v) is 2.94. The smallest absolute Gasteiger partial charge is 0.119 e. The summed E-state index contributed by atoms with van der Waals surface area (Å²) in [5.74, 6) is 1.82. The van der Waals surface area contributed by atoms with Gasteiger partial charge in [-0.1, -0.05) is 19.1 Å².